The Hall–Kier alpha value is -2.28. The summed E-state index contributed by atoms with van der Waals surface area (Å²) in [5, 5.41) is 0. The van der Waals surface area contributed by atoms with E-state index >= 15 is 0 Å². The highest BCUT2D eigenvalue weighted by atomic mass is 32.2. The molecule has 1 N–H and O–H groups in total. The molecule has 0 saturated carbocycles. The Morgan fingerprint density at radius 3 is 2.48 bits per heavy atom. The quantitative estimate of drug-likeness (QED) is 0.842. The van der Waals surface area contributed by atoms with Crippen LogP contribution < -0.4 is 14.2 Å². The second-order valence-electron chi connectivity index (χ2n) is 4.83. The van der Waals surface area contributed by atoms with Crippen LogP contribution in [-0.2, 0) is 16.4 Å². The first-order valence-corrected chi connectivity index (χ1v) is 8.56. The lowest BCUT2D eigenvalue weighted by Crippen LogP contribution is -2.19. The van der Waals surface area contributed by atoms with Crippen LogP contribution in [0.1, 0.15) is 5.56 Å². The van der Waals surface area contributed by atoms with Crippen molar-refractivity contribution in [1.29, 1.82) is 0 Å². The van der Waals surface area contributed by atoms with E-state index in [2.05, 4.69) is 4.72 Å². The van der Waals surface area contributed by atoms with Gasteiger partial charge in [-0.3, -0.25) is 4.72 Å². The van der Waals surface area contributed by atoms with Crippen molar-refractivity contribution in [2.24, 2.45) is 0 Å². The lowest BCUT2D eigenvalue weighted by Gasteiger charge is -2.13. The predicted octanol–water partition coefficient (Wildman–Crippen LogP) is 2.83. The Balaban J connectivity index is 2.13. The van der Waals surface area contributed by atoms with Gasteiger partial charge in [0.25, 0.3) is 0 Å². The number of sulfonamides is 1. The van der Waals surface area contributed by atoms with E-state index in [1.165, 1.54) is 26.4 Å². The van der Waals surface area contributed by atoms with E-state index in [0.29, 0.717) is 17.1 Å². The SMILES string of the molecule is COc1ccc(OC)c(NS(=O)(=O)CCc2ccccc2F)c1. The van der Waals surface area contributed by atoms with Gasteiger partial charge in [0.15, 0.2) is 0 Å². The Labute approximate surface area is 135 Å². The molecule has 0 amide bonds. The highest BCUT2D eigenvalue weighted by Crippen LogP contribution is 2.29. The first-order chi connectivity index (χ1) is 10.9. The number of ether oxygens (including phenoxy) is 2. The molecule has 2 aromatic carbocycles. The number of methoxy groups -OCH3 is 2. The molecular formula is C16H18FNO4S. The van der Waals surface area contributed by atoms with Gasteiger partial charge in [0.05, 0.1) is 25.7 Å². The van der Waals surface area contributed by atoms with Gasteiger partial charge in [-0.15, -0.1) is 0 Å². The number of benzene rings is 2. The van der Waals surface area contributed by atoms with Crippen LogP contribution in [0.5, 0.6) is 11.5 Å². The zero-order valence-corrected chi connectivity index (χ0v) is 13.7. The van der Waals surface area contributed by atoms with Gasteiger partial charge in [-0.1, -0.05) is 18.2 Å². The smallest absolute Gasteiger partial charge is 0.233 e. The molecule has 0 aliphatic carbocycles. The van der Waals surface area contributed by atoms with E-state index in [1.807, 2.05) is 0 Å². The minimum Gasteiger partial charge on any atom is -0.497 e. The summed E-state index contributed by atoms with van der Waals surface area (Å²) in [7, 11) is -0.732. The van der Waals surface area contributed by atoms with Crippen LogP contribution in [0.4, 0.5) is 10.1 Å². The van der Waals surface area contributed by atoms with Gasteiger partial charge in [-0.25, -0.2) is 12.8 Å². The van der Waals surface area contributed by atoms with Gasteiger partial charge in [0, 0.05) is 6.07 Å². The summed E-state index contributed by atoms with van der Waals surface area (Å²) in [6.45, 7) is 0. The second-order valence-corrected chi connectivity index (χ2v) is 6.67. The molecule has 2 rings (SSSR count). The molecule has 0 aliphatic rings. The second kappa shape index (κ2) is 7.32. The number of rotatable bonds is 7. The predicted molar refractivity (Wildman–Crippen MR) is 87.1 cm³/mol. The fourth-order valence-electron chi connectivity index (χ4n) is 2.06. The Morgan fingerprint density at radius 1 is 1.09 bits per heavy atom. The van der Waals surface area contributed by atoms with Crippen molar-refractivity contribution in [2.75, 3.05) is 24.7 Å². The van der Waals surface area contributed by atoms with Crippen molar-refractivity contribution in [3.05, 3.63) is 53.8 Å². The fraction of sp³-hybridized carbons (Fsp3) is 0.250. The number of nitrogens with one attached hydrogen (secondary N) is 1. The molecule has 0 aliphatic heterocycles. The lowest BCUT2D eigenvalue weighted by atomic mass is 10.2. The maximum Gasteiger partial charge on any atom is 0.233 e. The molecule has 0 saturated heterocycles. The summed E-state index contributed by atoms with van der Waals surface area (Å²) in [6.07, 6.45) is 0.0777. The molecule has 0 unspecified atom stereocenters. The van der Waals surface area contributed by atoms with Crippen LogP contribution >= 0.6 is 0 Å². The van der Waals surface area contributed by atoms with Gasteiger partial charge in [-0.05, 0) is 30.2 Å². The Morgan fingerprint density at radius 2 is 1.83 bits per heavy atom. The van der Waals surface area contributed by atoms with Crippen molar-refractivity contribution in [1.82, 2.24) is 0 Å². The molecule has 0 fully saturated rings. The fourth-order valence-corrected chi connectivity index (χ4v) is 3.14. The number of aryl methyl sites for hydroxylation is 1. The summed E-state index contributed by atoms with van der Waals surface area (Å²) < 4.78 is 50.7. The molecule has 0 aromatic heterocycles. The molecule has 5 nitrogen and oxygen atoms in total. The molecule has 0 atom stereocenters. The standard InChI is InChI=1S/C16H18FNO4S/c1-21-13-7-8-16(22-2)15(11-13)18-23(19,20)10-9-12-5-3-4-6-14(12)17/h3-8,11,18H,9-10H2,1-2H3. The summed E-state index contributed by atoms with van der Waals surface area (Å²) in [4.78, 5) is 0. The van der Waals surface area contributed by atoms with Crippen LogP contribution in [0.25, 0.3) is 0 Å². The van der Waals surface area contributed by atoms with E-state index in [9.17, 15) is 12.8 Å². The van der Waals surface area contributed by atoms with E-state index in [0.717, 1.165) is 0 Å². The highest BCUT2D eigenvalue weighted by Gasteiger charge is 2.15. The first-order valence-electron chi connectivity index (χ1n) is 6.91. The van der Waals surface area contributed by atoms with Crippen LogP contribution in [0, 0.1) is 5.82 Å². The molecule has 0 heterocycles. The maximum atomic E-state index is 13.6. The number of hydrogen-bond donors (Lipinski definition) is 1. The summed E-state index contributed by atoms with van der Waals surface area (Å²) >= 11 is 0. The summed E-state index contributed by atoms with van der Waals surface area (Å²) in [5.41, 5.74) is 0.635. The van der Waals surface area contributed by atoms with E-state index in [1.54, 1.807) is 30.3 Å². The first kappa shape index (κ1) is 17.1. The summed E-state index contributed by atoms with van der Waals surface area (Å²) in [5.74, 6) is 0.216. The van der Waals surface area contributed by atoms with E-state index in [4.69, 9.17) is 9.47 Å². The summed E-state index contributed by atoms with van der Waals surface area (Å²) in [6, 6.07) is 10.9. The van der Waals surface area contributed by atoms with Crippen LogP contribution in [-0.4, -0.2) is 28.4 Å². The maximum absolute atomic E-state index is 13.6. The minimum atomic E-state index is -3.66. The van der Waals surface area contributed by atoms with Gasteiger partial charge >= 0.3 is 0 Å². The Bertz CT molecular complexity index is 777. The third-order valence-electron chi connectivity index (χ3n) is 3.27. The molecule has 124 valence electrons. The van der Waals surface area contributed by atoms with Crippen LogP contribution in [0.2, 0.25) is 0 Å². The average Bonchev–Trinajstić information content (AvgIpc) is 2.53. The number of halogens is 1. The molecule has 2 aromatic rings. The lowest BCUT2D eigenvalue weighted by molar-refractivity contribution is 0.405. The Kier molecular flexibility index (Phi) is 5.44. The van der Waals surface area contributed by atoms with E-state index in [-0.39, 0.29) is 17.9 Å². The third-order valence-corrected chi connectivity index (χ3v) is 4.54. The van der Waals surface area contributed by atoms with Crippen molar-refractivity contribution < 1.29 is 22.3 Å². The number of hydrogen-bond acceptors (Lipinski definition) is 4. The molecule has 23 heavy (non-hydrogen) atoms. The van der Waals surface area contributed by atoms with Crippen molar-refractivity contribution in [3.8, 4) is 11.5 Å². The van der Waals surface area contributed by atoms with Crippen LogP contribution in [0.15, 0.2) is 42.5 Å². The van der Waals surface area contributed by atoms with E-state index < -0.39 is 15.8 Å². The van der Waals surface area contributed by atoms with Gasteiger partial charge in [0.1, 0.15) is 17.3 Å². The molecule has 0 spiro atoms. The molecule has 7 heteroatoms. The van der Waals surface area contributed by atoms with Crippen molar-refractivity contribution >= 4 is 15.7 Å². The normalized spacial score (nSPS) is 11.1. The van der Waals surface area contributed by atoms with Gasteiger partial charge in [0.2, 0.25) is 10.0 Å². The number of anilines is 1. The van der Waals surface area contributed by atoms with Crippen LogP contribution in [0.3, 0.4) is 0 Å². The minimum absolute atomic E-state index is 0.0777. The van der Waals surface area contributed by atoms with Gasteiger partial charge < -0.3 is 9.47 Å². The largest absolute Gasteiger partial charge is 0.497 e. The monoisotopic (exact) mass is 339 g/mol. The van der Waals surface area contributed by atoms with Crippen molar-refractivity contribution in [3.63, 3.8) is 0 Å². The van der Waals surface area contributed by atoms with Gasteiger partial charge in [-0.2, -0.15) is 0 Å². The van der Waals surface area contributed by atoms with Crippen molar-refractivity contribution in [2.45, 2.75) is 6.42 Å². The molecule has 0 radical (unpaired) electrons. The average molecular weight is 339 g/mol. The highest BCUT2D eigenvalue weighted by molar-refractivity contribution is 7.92. The zero-order chi connectivity index (χ0) is 16.9. The third kappa shape index (κ3) is 4.59. The zero-order valence-electron chi connectivity index (χ0n) is 12.9. The topological polar surface area (TPSA) is 64.6 Å². The molecular weight excluding hydrogens is 321 g/mol. The molecule has 0 bridgehead atoms.